The predicted octanol–water partition coefficient (Wildman–Crippen LogP) is 27.6. The number of carbonyl (C=O) groups is 9. The molecule has 9 heterocycles. The Morgan fingerprint density at radius 2 is 0.741 bits per heavy atom. The van der Waals surface area contributed by atoms with Crippen molar-refractivity contribution in [3.8, 4) is 0 Å². The standard InChI is InChI=1S/C13H16OS.C12H14OS.2C10H9BrOS.C10H9ClOS.4C10H10OS/c1-8-5-9(2)12-10(14)7-13(3,4)15-11(12)6-8;1-8-4-5-11-9(6-8)10(13)7-12(2,3)14-11;1-6-2-3-9-7(4-6)10(12)8(11)5-13-9;1-6-9(11)10(12)7-4-2-3-5-8(7)13-6;1-6-4-9(12)8-5-7(11)2-3-10(8)13-6;3*1-7-2-3-8-9(11)4-5-12-10(8)6-7;1-7-6-9(11)8-4-2-3-5-10(8)12-7/h5-6H,7H2,1-4H3;4-6H,7H2,1-3H3;2-4,8H,5H2,1H3;2-6,9H,1H3;2-3,5-6H,4H2,1H3;3*2-3,6H,4-5H2,1H3;2-5,7H,6H2,1H3. The number of Topliss-reactive ketones (excluding diaryl/α,β-unsaturated/α-hetero) is 9. The Labute approximate surface area is 744 Å². The first kappa shape index (κ1) is 92.7. The van der Waals surface area contributed by atoms with Crippen molar-refractivity contribution in [2.45, 2.75) is 221 Å². The second-order valence-corrected chi connectivity index (χ2v) is 45.8. The molecular formula is C95H97Br2ClO9S9. The van der Waals surface area contributed by atoms with Gasteiger partial charge < -0.3 is 0 Å². The third-order valence-corrected chi connectivity index (χ3v) is 32.8. The van der Waals surface area contributed by atoms with Crippen LogP contribution in [-0.2, 0) is 0 Å². The minimum atomic E-state index is -0.0348. The number of benzene rings is 9. The minimum Gasteiger partial charge on any atom is -0.294 e. The minimum absolute atomic E-state index is 0.00759. The molecule has 5 unspecified atom stereocenters. The van der Waals surface area contributed by atoms with E-state index in [1.165, 1.54) is 22.3 Å². The van der Waals surface area contributed by atoms with Gasteiger partial charge in [-0.2, -0.15) is 0 Å². The van der Waals surface area contributed by atoms with Crippen LogP contribution >= 0.6 is 149 Å². The molecule has 0 spiro atoms. The number of thioether (sulfide) groups is 9. The number of fused-ring (bicyclic) bond motifs is 9. The van der Waals surface area contributed by atoms with Crippen LogP contribution in [-0.4, -0.2) is 110 Å². The van der Waals surface area contributed by atoms with Gasteiger partial charge >= 0.3 is 0 Å². The molecule has 0 radical (unpaired) electrons. The first-order chi connectivity index (χ1) is 55.0. The molecule has 0 fully saturated rings. The van der Waals surface area contributed by atoms with E-state index in [2.05, 4.69) is 150 Å². The summed E-state index contributed by atoms with van der Waals surface area (Å²) in [5, 5.41) is 1.79. The lowest BCUT2D eigenvalue weighted by molar-refractivity contribution is 0.0958. The van der Waals surface area contributed by atoms with Gasteiger partial charge in [0.2, 0.25) is 0 Å². The highest BCUT2D eigenvalue weighted by Gasteiger charge is 2.35. The third-order valence-electron chi connectivity index (χ3n) is 19.4. The summed E-state index contributed by atoms with van der Waals surface area (Å²) in [5.74, 6) is 6.06. The van der Waals surface area contributed by atoms with Crippen LogP contribution in [0.4, 0.5) is 0 Å². The molecule has 21 heteroatoms. The van der Waals surface area contributed by atoms with Crippen molar-refractivity contribution in [2.24, 2.45) is 0 Å². The second kappa shape index (κ2) is 42.3. The van der Waals surface area contributed by atoms with Gasteiger partial charge in [-0.3, -0.25) is 43.2 Å². The Balaban J connectivity index is 0.000000138. The van der Waals surface area contributed by atoms with Gasteiger partial charge in [0.05, 0.1) is 9.65 Å². The SMILES string of the molecule is CC1CC(=O)c2cc(Cl)ccc2S1.CC1CC(=O)c2ccccc2S1.CC1Sc2ccccc2C(=O)C1Br.Cc1cc(C)c2c(c1)SC(C)(C)CC2=O.Cc1ccc2c(c1)C(=O)C(Br)CS2.Cc1ccc2c(c1)C(=O)CC(C)(C)S2.Cc1ccc2c(c1)SCCC2=O.Cc1ccc2c(c1)SCCC2=O.Cc1ccc2c(c1)SCCC2=O. The van der Waals surface area contributed by atoms with Crippen molar-refractivity contribution < 1.29 is 43.2 Å². The van der Waals surface area contributed by atoms with E-state index in [0.717, 1.165) is 134 Å². The summed E-state index contributed by atoms with van der Waals surface area (Å²) >= 11 is 28.6. The number of halogens is 3. The summed E-state index contributed by atoms with van der Waals surface area (Å²) in [6.45, 7) is 29.1. The predicted molar refractivity (Wildman–Crippen MR) is 502 cm³/mol. The lowest BCUT2D eigenvalue weighted by Crippen LogP contribution is -2.28. The molecule has 116 heavy (non-hydrogen) atoms. The maximum absolute atomic E-state index is 12.0. The molecule has 9 nitrogen and oxygen atoms in total. The monoisotopic (exact) mass is 1860 g/mol. The molecule has 9 aromatic rings. The highest BCUT2D eigenvalue weighted by molar-refractivity contribution is 9.10. The van der Waals surface area contributed by atoms with Crippen molar-refractivity contribution >= 4 is 201 Å². The van der Waals surface area contributed by atoms with Crippen LogP contribution in [0.3, 0.4) is 0 Å². The molecule has 0 bridgehead atoms. The Bertz CT molecular complexity index is 5090. The fraction of sp³-hybridized carbons (Fsp3) is 0.337. The van der Waals surface area contributed by atoms with Crippen LogP contribution in [0.1, 0.15) is 226 Å². The summed E-state index contributed by atoms with van der Waals surface area (Å²) < 4.78 is 0.101. The number of carbonyl (C=O) groups excluding carboxylic acids is 9. The number of aryl methyl sites for hydroxylation is 7. The molecule has 0 saturated carbocycles. The number of hydrogen-bond donors (Lipinski definition) is 0. The van der Waals surface area contributed by atoms with Crippen LogP contribution in [0.25, 0.3) is 0 Å². The third kappa shape index (κ3) is 25.5. The molecule has 9 aromatic carbocycles. The molecule has 0 aliphatic carbocycles. The average Bonchev–Trinajstić information content (AvgIpc) is 0.754. The smallest absolute Gasteiger partial charge is 0.178 e. The Morgan fingerprint density at radius 3 is 1.27 bits per heavy atom. The fourth-order valence-corrected chi connectivity index (χ4v) is 25.4. The van der Waals surface area contributed by atoms with Crippen LogP contribution in [0.5, 0.6) is 0 Å². The molecule has 5 atom stereocenters. The molecule has 0 aromatic heterocycles. The van der Waals surface area contributed by atoms with E-state index in [9.17, 15) is 43.2 Å². The number of ketones is 9. The highest BCUT2D eigenvalue weighted by atomic mass is 79.9. The van der Waals surface area contributed by atoms with Crippen LogP contribution in [0.15, 0.2) is 214 Å². The highest BCUT2D eigenvalue weighted by Crippen LogP contribution is 2.46. The number of rotatable bonds is 0. The molecular weight excluding hydrogens is 1770 g/mol. The summed E-state index contributed by atoms with van der Waals surface area (Å²) in [6, 6.07) is 55.7. The molecule has 9 aliphatic heterocycles. The maximum Gasteiger partial charge on any atom is 0.178 e. The summed E-state index contributed by atoms with van der Waals surface area (Å²) in [5.41, 5.74) is 16.4. The van der Waals surface area contributed by atoms with Crippen LogP contribution in [0, 0.1) is 48.5 Å². The van der Waals surface area contributed by atoms with E-state index in [4.69, 9.17) is 11.6 Å². The van der Waals surface area contributed by atoms with Crippen LogP contribution in [0.2, 0.25) is 5.02 Å². The van der Waals surface area contributed by atoms with Gasteiger partial charge in [-0.15, -0.1) is 106 Å². The zero-order valence-electron chi connectivity index (χ0n) is 67.8. The van der Waals surface area contributed by atoms with E-state index in [1.54, 1.807) is 100 Å². The van der Waals surface area contributed by atoms with Crippen molar-refractivity contribution in [1.82, 2.24) is 0 Å². The van der Waals surface area contributed by atoms with E-state index < -0.39 is 0 Å². The number of alkyl halides is 2. The quantitative estimate of drug-likeness (QED) is 0.132. The Hall–Kier alpha value is -5.59. The van der Waals surface area contributed by atoms with Gasteiger partial charge in [-0.25, -0.2) is 0 Å². The largest absolute Gasteiger partial charge is 0.294 e. The first-order valence-electron chi connectivity index (χ1n) is 38.6. The molecule has 606 valence electrons. The van der Waals surface area contributed by atoms with E-state index in [0.29, 0.717) is 88.9 Å². The molecule has 0 saturated heterocycles. The van der Waals surface area contributed by atoms with Crippen molar-refractivity contribution in [2.75, 3.05) is 23.0 Å². The van der Waals surface area contributed by atoms with Gasteiger partial charge in [-0.1, -0.05) is 166 Å². The summed E-state index contributed by atoms with van der Waals surface area (Å²) in [6.07, 6.45) is 4.69. The lowest BCUT2D eigenvalue weighted by atomic mass is 9.95. The second-order valence-electron chi connectivity index (χ2n) is 30.9. The topological polar surface area (TPSA) is 154 Å². The normalized spacial score (nSPS) is 19.8. The van der Waals surface area contributed by atoms with E-state index >= 15 is 0 Å². The summed E-state index contributed by atoms with van der Waals surface area (Å²) in [7, 11) is 0. The van der Waals surface area contributed by atoms with Crippen molar-refractivity contribution in [3.63, 3.8) is 0 Å². The zero-order chi connectivity index (χ0) is 84.0. The molecule has 18 rings (SSSR count). The molecule has 0 amide bonds. The number of hydrogen-bond acceptors (Lipinski definition) is 18. The van der Waals surface area contributed by atoms with E-state index in [1.807, 2.05) is 154 Å². The zero-order valence-corrected chi connectivity index (χ0v) is 79.1. The van der Waals surface area contributed by atoms with E-state index in [-0.39, 0.29) is 48.1 Å². The van der Waals surface area contributed by atoms with Gasteiger partial charge in [0.25, 0.3) is 0 Å². The van der Waals surface area contributed by atoms with Crippen molar-refractivity contribution in [1.29, 1.82) is 0 Å². The van der Waals surface area contributed by atoms with Gasteiger partial charge in [0, 0.05) is 192 Å². The molecule has 0 N–H and O–H groups in total. The van der Waals surface area contributed by atoms with Gasteiger partial charge in [-0.05, 0) is 183 Å². The molecule has 9 aliphatic rings. The first-order valence-corrected chi connectivity index (χ1v) is 49.0. The Morgan fingerprint density at radius 1 is 0.345 bits per heavy atom. The van der Waals surface area contributed by atoms with Gasteiger partial charge in [0.15, 0.2) is 52.0 Å². The van der Waals surface area contributed by atoms with Gasteiger partial charge in [0.1, 0.15) is 0 Å². The van der Waals surface area contributed by atoms with Crippen LogP contribution < -0.4 is 0 Å². The summed E-state index contributed by atoms with van der Waals surface area (Å²) in [4.78, 5) is 115. The fourth-order valence-electron chi connectivity index (χ4n) is 13.7. The van der Waals surface area contributed by atoms with Crippen molar-refractivity contribution in [3.05, 3.63) is 264 Å². The maximum atomic E-state index is 12.0. The average molecular weight is 1870 g/mol. The lowest BCUT2D eigenvalue weighted by Gasteiger charge is -2.30. The Kier molecular flexibility index (Phi) is 33.8.